The molecule has 19 heavy (non-hydrogen) atoms. The average Bonchev–Trinajstić information content (AvgIpc) is 3.22. The predicted octanol–water partition coefficient (Wildman–Crippen LogP) is 3.54. The molecule has 106 valence electrons. The van der Waals surface area contributed by atoms with Crippen LogP contribution in [-0.4, -0.2) is 29.7 Å². The molecule has 1 aliphatic rings. The second kappa shape index (κ2) is 7.06. The fraction of sp³-hybridized carbons (Fsp3) is 0.714. The van der Waals surface area contributed by atoms with E-state index in [9.17, 15) is 0 Å². The summed E-state index contributed by atoms with van der Waals surface area (Å²) >= 11 is 6.15. The largest absolute Gasteiger partial charge is 0.380 e. The van der Waals surface area contributed by atoms with Gasteiger partial charge in [0, 0.05) is 24.6 Å². The normalized spacial score (nSPS) is 14.7. The lowest BCUT2D eigenvalue weighted by Gasteiger charge is -2.11. The van der Waals surface area contributed by atoms with E-state index in [1.54, 1.807) is 0 Å². The van der Waals surface area contributed by atoms with Crippen molar-refractivity contribution in [3.05, 3.63) is 16.5 Å². The molecule has 1 heterocycles. The molecule has 1 fully saturated rings. The highest BCUT2D eigenvalue weighted by Crippen LogP contribution is 2.39. The van der Waals surface area contributed by atoms with Gasteiger partial charge in [0.15, 0.2) is 0 Å². The van der Waals surface area contributed by atoms with Gasteiger partial charge >= 0.3 is 0 Å². The molecular weight excluding hydrogens is 262 g/mol. The number of unbranched alkanes of at least 4 members (excludes halogenated alkanes) is 1. The number of anilines is 1. The smallest absolute Gasteiger partial charge is 0.137 e. The van der Waals surface area contributed by atoms with E-state index in [0.29, 0.717) is 17.7 Å². The highest BCUT2D eigenvalue weighted by molar-refractivity contribution is 6.30. The highest BCUT2D eigenvalue weighted by Gasteiger charge is 2.27. The van der Waals surface area contributed by atoms with Gasteiger partial charge in [-0.2, -0.15) is 0 Å². The summed E-state index contributed by atoms with van der Waals surface area (Å²) in [5.74, 6) is 2.24. The summed E-state index contributed by atoms with van der Waals surface area (Å²) in [6, 6.07) is 0. The van der Waals surface area contributed by atoms with E-state index in [4.69, 9.17) is 16.3 Å². The fourth-order valence-corrected chi connectivity index (χ4v) is 1.97. The summed E-state index contributed by atoms with van der Waals surface area (Å²) in [5, 5.41) is 3.85. The van der Waals surface area contributed by atoms with Gasteiger partial charge in [-0.3, -0.25) is 0 Å². The Bertz CT molecular complexity index is 421. The summed E-state index contributed by atoms with van der Waals surface area (Å²) in [6.07, 6.45) is 4.64. The first-order valence-corrected chi connectivity index (χ1v) is 7.45. The van der Waals surface area contributed by atoms with E-state index in [-0.39, 0.29) is 0 Å². The molecule has 4 nitrogen and oxygen atoms in total. The van der Waals surface area contributed by atoms with E-state index in [0.717, 1.165) is 36.8 Å². The van der Waals surface area contributed by atoms with Crippen LogP contribution in [0, 0.1) is 6.92 Å². The topological polar surface area (TPSA) is 47.0 Å². The van der Waals surface area contributed by atoms with Crippen molar-refractivity contribution in [2.24, 2.45) is 0 Å². The van der Waals surface area contributed by atoms with E-state index in [1.807, 2.05) is 6.92 Å². The van der Waals surface area contributed by atoms with Crippen LogP contribution in [-0.2, 0) is 4.74 Å². The minimum absolute atomic E-state index is 0.513. The minimum atomic E-state index is 0.513. The number of halogens is 1. The van der Waals surface area contributed by atoms with Gasteiger partial charge in [0.25, 0.3) is 0 Å². The molecule has 1 aliphatic carbocycles. The van der Waals surface area contributed by atoms with Crippen molar-refractivity contribution in [3.63, 3.8) is 0 Å². The van der Waals surface area contributed by atoms with E-state index >= 15 is 0 Å². The zero-order valence-electron chi connectivity index (χ0n) is 11.7. The van der Waals surface area contributed by atoms with Gasteiger partial charge in [0.1, 0.15) is 16.8 Å². The molecular formula is C14H22ClN3O. The third-order valence-corrected chi connectivity index (χ3v) is 3.60. The Hall–Kier alpha value is -0.870. The Morgan fingerprint density at radius 2 is 2.11 bits per heavy atom. The maximum atomic E-state index is 6.15. The molecule has 1 aromatic heterocycles. The van der Waals surface area contributed by atoms with Crippen LogP contribution in [0.15, 0.2) is 0 Å². The molecule has 0 saturated heterocycles. The summed E-state index contributed by atoms with van der Waals surface area (Å²) in [7, 11) is 0. The van der Waals surface area contributed by atoms with Crippen LogP contribution in [0.4, 0.5) is 5.82 Å². The number of hydrogen-bond donors (Lipinski definition) is 1. The Balaban J connectivity index is 1.84. The third kappa shape index (κ3) is 4.32. The Morgan fingerprint density at radius 1 is 1.32 bits per heavy atom. The number of hydrogen-bond acceptors (Lipinski definition) is 4. The second-order valence-corrected chi connectivity index (χ2v) is 5.37. The van der Waals surface area contributed by atoms with Gasteiger partial charge < -0.3 is 10.1 Å². The molecule has 0 amide bonds. The van der Waals surface area contributed by atoms with Crippen LogP contribution in [0.5, 0.6) is 0 Å². The molecule has 0 atom stereocenters. The SMILES string of the molecule is CCCCOCCNc1nc(C2CC2)nc(Cl)c1C. The van der Waals surface area contributed by atoms with Crippen molar-refractivity contribution in [1.82, 2.24) is 9.97 Å². The van der Waals surface area contributed by atoms with Gasteiger partial charge in [0.05, 0.1) is 6.61 Å². The molecule has 0 bridgehead atoms. The van der Waals surface area contributed by atoms with Crippen molar-refractivity contribution < 1.29 is 4.74 Å². The molecule has 0 aromatic carbocycles. The summed E-state index contributed by atoms with van der Waals surface area (Å²) < 4.78 is 5.52. The summed E-state index contributed by atoms with van der Waals surface area (Å²) in [5.41, 5.74) is 0.916. The van der Waals surface area contributed by atoms with Crippen molar-refractivity contribution in [1.29, 1.82) is 0 Å². The first kappa shape index (κ1) is 14.5. The Morgan fingerprint density at radius 3 is 2.79 bits per heavy atom. The molecule has 1 N–H and O–H groups in total. The van der Waals surface area contributed by atoms with Crippen molar-refractivity contribution >= 4 is 17.4 Å². The Labute approximate surface area is 119 Å². The average molecular weight is 284 g/mol. The van der Waals surface area contributed by atoms with Crippen LogP contribution in [0.3, 0.4) is 0 Å². The monoisotopic (exact) mass is 283 g/mol. The molecule has 0 aliphatic heterocycles. The predicted molar refractivity (Wildman–Crippen MR) is 78.0 cm³/mol. The lowest BCUT2D eigenvalue weighted by molar-refractivity contribution is 0.141. The molecule has 0 radical (unpaired) electrons. The minimum Gasteiger partial charge on any atom is -0.380 e. The lowest BCUT2D eigenvalue weighted by atomic mass is 10.3. The van der Waals surface area contributed by atoms with Crippen molar-refractivity contribution in [2.45, 2.75) is 45.4 Å². The maximum Gasteiger partial charge on any atom is 0.137 e. The fourth-order valence-electron chi connectivity index (χ4n) is 1.79. The Kier molecular flexibility index (Phi) is 5.40. The van der Waals surface area contributed by atoms with Crippen LogP contribution >= 0.6 is 11.6 Å². The molecule has 2 rings (SSSR count). The molecule has 5 heteroatoms. The van der Waals surface area contributed by atoms with E-state index < -0.39 is 0 Å². The summed E-state index contributed by atoms with van der Waals surface area (Å²) in [6.45, 7) is 6.38. The molecule has 1 saturated carbocycles. The van der Waals surface area contributed by atoms with E-state index in [1.165, 1.54) is 19.3 Å². The molecule has 1 aromatic rings. The molecule has 0 spiro atoms. The van der Waals surface area contributed by atoms with Crippen LogP contribution in [0.1, 0.15) is 49.9 Å². The second-order valence-electron chi connectivity index (χ2n) is 5.01. The van der Waals surface area contributed by atoms with Crippen LogP contribution in [0.2, 0.25) is 5.15 Å². The maximum absolute atomic E-state index is 6.15. The quantitative estimate of drug-likeness (QED) is 0.585. The molecule has 0 unspecified atom stereocenters. The highest BCUT2D eigenvalue weighted by atomic mass is 35.5. The van der Waals surface area contributed by atoms with Gasteiger partial charge in [-0.25, -0.2) is 9.97 Å². The van der Waals surface area contributed by atoms with Crippen LogP contribution < -0.4 is 5.32 Å². The van der Waals surface area contributed by atoms with Gasteiger partial charge in [0.2, 0.25) is 0 Å². The first-order valence-electron chi connectivity index (χ1n) is 7.08. The number of nitrogens with one attached hydrogen (secondary N) is 1. The van der Waals surface area contributed by atoms with Gasteiger partial charge in [-0.15, -0.1) is 0 Å². The lowest BCUT2D eigenvalue weighted by Crippen LogP contribution is -2.13. The number of nitrogens with zero attached hydrogens (tertiary/aromatic N) is 2. The zero-order chi connectivity index (χ0) is 13.7. The van der Waals surface area contributed by atoms with Crippen molar-refractivity contribution in [2.75, 3.05) is 25.1 Å². The summed E-state index contributed by atoms with van der Waals surface area (Å²) in [4.78, 5) is 8.91. The van der Waals surface area contributed by atoms with Crippen molar-refractivity contribution in [3.8, 4) is 0 Å². The number of rotatable bonds is 8. The van der Waals surface area contributed by atoms with Gasteiger partial charge in [-0.1, -0.05) is 24.9 Å². The van der Waals surface area contributed by atoms with Gasteiger partial charge in [-0.05, 0) is 26.2 Å². The van der Waals surface area contributed by atoms with Crippen LogP contribution in [0.25, 0.3) is 0 Å². The zero-order valence-corrected chi connectivity index (χ0v) is 12.5. The third-order valence-electron chi connectivity index (χ3n) is 3.23. The number of ether oxygens (including phenoxy) is 1. The standard InChI is InChI=1S/C14H22ClN3O/c1-3-4-8-19-9-7-16-13-10(2)12(15)17-14(18-13)11-5-6-11/h11H,3-9H2,1-2H3,(H,16,17,18). The number of aromatic nitrogens is 2. The van der Waals surface area contributed by atoms with E-state index in [2.05, 4.69) is 22.2 Å². The first-order chi connectivity index (χ1) is 9.22.